The molecule has 5 N–H and O–H groups in total. The SMILES string of the molecule is NCCCC[C@@H](C(=O)O)N(CCO)CCO. The van der Waals surface area contributed by atoms with Gasteiger partial charge in [0, 0.05) is 13.1 Å². The lowest BCUT2D eigenvalue weighted by atomic mass is 10.1. The molecule has 0 unspecified atom stereocenters. The first-order chi connectivity index (χ1) is 7.67. The number of carboxylic acid groups (broad SMARTS) is 1. The first-order valence-electron chi connectivity index (χ1n) is 5.56. The fourth-order valence-corrected chi connectivity index (χ4v) is 1.62. The number of carbonyl (C=O) groups is 1. The Hall–Kier alpha value is -0.690. The van der Waals surface area contributed by atoms with Crippen LogP contribution in [0.25, 0.3) is 0 Å². The summed E-state index contributed by atoms with van der Waals surface area (Å²) in [7, 11) is 0. The number of aliphatic carboxylic acids is 1. The maximum atomic E-state index is 11.0. The lowest BCUT2D eigenvalue weighted by molar-refractivity contribution is -0.144. The molecular weight excluding hydrogens is 212 g/mol. The number of unbranched alkanes of at least 4 members (excludes halogenated alkanes) is 1. The van der Waals surface area contributed by atoms with Crippen LogP contribution in [0.5, 0.6) is 0 Å². The molecule has 0 bridgehead atoms. The number of nitrogens with two attached hydrogens (primary N) is 1. The Balaban J connectivity index is 4.26. The molecule has 0 amide bonds. The van der Waals surface area contributed by atoms with Gasteiger partial charge in [-0.05, 0) is 19.4 Å². The zero-order chi connectivity index (χ0) is 12.4. The van der Waals surface area contributed by atoms with Gasteiger partial charge >= 0.3 is 5.97 Å². The van der Waals surface area contributed by atoms with Crippen LogP contribution in [0.15, 0.2) is 0 Å². The Labute approximate surface area is 95.7 Å². The summed E-state index contributed by atoms with van der Waals surface area (Å²) >= 11 is 0. The van der Waals surface area contributed by atoms with Gasteiger partial charge in [0.1, 0.15) is 6.04 Å². The van der Waals surface area contributed by atoms with E-state index in [0.717, 1.165) is 12.8 Å². The molecule has 0 fully saturated rings. The van der Waals surface area contributed by atoms with E-state index in [2.05, 4.69) is 0 Å². The third-order valence-electron chi connectivity index (χ3n) is 2.43. The summed E-state index contributed by atoms with van der Waals surface area (Å²) < 4.78 is 0. The number of carboxylic acids is 1. The highest BCUT2D eigenvalue weighted by atomic mass is 16.4. The molecule has 6 heteroatoms. The highest BCUT2D eigenvalue weighted by molar-refractivity contribution is 5.73. The van der Waals surface area contributed by atoms with Gasteiger partial charge < -0.3 is 21.1 Å². The summed E-state index contributed by atoms with van der Waals surface area (Å²) in [5, 5.41) is 26.7. The molecule has 0 aromatic rings. The molecule has 0 radical (unpaired) electrons. The average Bonchev–Trinajstić information content (AvgIpc) is 2.24. The number of hydrogen-bond donors (Lipinski definition) is 4. The van der Waals surface area contributed by atoms with Crippen molar-refractivity contribution in [3.8, 4) is 0 Å². The molecule has 6 nitrogen and oxygen atoms in total. The molecule has 0 aliphatic rings. The van der Waals surface area contributed by atoms with E-state index in [0.29, 0.717) is 13.0 Å². The first kappa shape index (κ1) is 15.3. The largest absolute Gasteiger partial charge is 0.480 e. The zero-order valence-electron chi connectivity index (χ0n) is 9.51. The average molecular weight is 234 g/mol. The summed E-state index contributed by atoms with van der Waals surface area (Å²) in [5.41, 5.74) is 5.34. The second-order valence-corrected chi connectivity index (χ2v) is 3.62. The van der Waals surface area contributed by atoms with E-state index >= 15 is 0 Å². The second-order valence-electron chi connectivity index (χ2n) is 3.62. The monoisotopic (exact) mass is 234 g/mol. The summed E-state index contributed by atoms with van der Waals surface area (Å²) in [4.78, 5) is 12.6. The van der Waals surface area contributed by atoms with E-state index < -0.39 is 12.0 Å². The van der Waals surface area contributed by atoms with Crippen LogP contribution in [0, 0.1) is 0 Å². The van der Waals surface area contributed by atoms with Crippen LogP contribution in [0.2, 0.25) is 0 Å². The number of hydrogen-bond acceptors (Lipinski definition) is 5. The molecule has 0 aromatic carbocycles. The molecule has 0 spiro atoms. The Morgan fingerprint density at radius 2 is 1.75 bits per heavy atom. The molecule has 0 aliphatic carbocycles. The Bertz CT molecular complexity index is 184. The van der Waals surface area contributed by atoms with Crippen molar-refractivity contribution in [2.45, 2.75) is 25.3 Å². The molecule has 0 aromatic heterocycles. The third kappa shape index (κ3) is 6.02. The highest BCUT2D eigenvalue weighted by Crippen LogP contribution is 2.08. The molecule has 0 saturated carbocycles. The zero-order valence-corrected chi connectivity index (χ0v) is 9.51. The van der Waals surface area contributed by atoms with Crippen LogP contribution in [-0.2, 0) is 4.79 Å². The molecule has 0 rings (SSSR count). The van der Waals surface area contributed by atoms with Crippen LogP contribution in [0.1, 0.15) is 19.3 Å². The van der Waals surface area contributed by atoms with Crippen molar-refractivity contribution in [2.75, 3.05) is 32.8 Å². The van der Waals surface area contributed by atoms with Gasteiger partial charge in [-0.2, -0.15) is 0 Å². The van der Waals surface area contributed by atoms with Crippen molar-refractivity contribution < 1.29 is 20.1 Å². The number of rotatable bonds is 10. The van der Waals surface area contributed by atoms with Gasteiger partial charge in [0.15, 0.2) is 0 Å². The molecule has 0 aliphatic heterocycles. The van der Waals surface area contributed by atoms with Crippen molar-refractivity contribution >= 4 is 5.97 Å². The van der Waals surface area contributed by atoms with Gasteiger partial charge in [-0.1, -0.05) is 6.42 Å². The Morgan fingerprint density at radius 3 is 2.12 bits per heavy atom. The minimum Gasteiger partial charge on any atom is -0.480 e. The summed E-state index contributed by atoms with van der Waals surface area (Å²) in [6, 6.07) is -0.647. The second kappa shape index (κ2) is 9.53. The predicted octanol–water partition coefficient (Wildman–Crippen LogP) is -1.14. The smallest absolute Gasteiger partial charge is 0.320 e. The van der Waals surface area contributed by atoms with Gasteiger partial charge in [-0.3, -0.25) is 9.69 Å². The first-order valence-corrected chi connectivity index (χ1v) is 5.56. The van der Waals surface area contributed by atoms with Crippen molar-refractivity contribution in [1.29, 1.82) is 0 Å². The maximum Gasteiger partial charge on any atom is 0.320 e. The summed E-state index contributed by atoms with van der Waals surface area (Å²) in [5.74, 6) is -0.918. The van der Waals surface area contributed by atoms with E-state index in [9.17, 15) is 4.79 Å². The van der Waals surface area contributed by atoms with Crippen LogP contribution < -0.4 is 5.73 Å². The van der Waals surface area contributed by atoms with Gasteiger partial charge in [0.2, 0.25) is 0 Å². The molecule has 1 atom stereocenters. The molecule has 96 valence electrons. The third-order valence-corrected chi connectivity index (χ3v) is 2.43. The number of nitrogens with zero attached hydrogens (tertiary/aromatic N) is 1. The van der Waals surface area contributed by atoms with Gasteiger partial charge in [0.05, 0.1) is 13.2 Å². The molecule has 0 saturated heterocycles. The molecular formula is C10H22N2O4. The fraction of sp³-hybridized carbons (Fsp3) is 0.900. The topological polar surface area (TPSA) is 107 Å². The normalized spacial score (nSPS) is 13.0. The van der Waals surface area contributed by atoms with Crippen molar-refractivity contribution in [3.63, 3.8) is 0 Å². The number of aliphatic hydroxyl groups is 2. The lowest BCUT2D eigenvalue weighted by Gasteiger charge is -2.27. The van der Waals surface area contributed by atoms with Crippen LogP contribution in [0.3, 0.4) is 0 Å². The van der Waals surface area contributed by atoms with E-state index in [1.54, 1.807) is 4.90 Å². The van der Waals surface area contributed by atoms with Crippen LogP contribution in [-0.4, -0.2) is 65.1 Å². The minimum atomic E-state index is -0.918. The summed E-state index contributed by atoms with van der Waals surface area (Å²) in [6.07, 6.45) is 2.02. The standard InChI is InChI=1S/C10H22N2O4/c11-4-2-1-3-9(10(15)16)12(5-7-13)6-8-14/h9,13-14H,1-8,11H2,(H,15,16)/t9-/m0/s1. The fourth-order valence-electron chi connectivity index (χ4n) is 1.62. The highest BCUT2D eigenvalue weighted by Gasteiger charge is 2.23. The maximum absolute atomic E-state index is 11.0. The van der Waals surface area contributed by atoms with Crippen molar-refractivity contribution in [2.24, 2.45) is 5.73 Å². The minimum absolute atomic E-state index is 0.110. The van der Waals surface area contributed by atoms with Crippen LogP contribution in [0.4, 0.5) is 0 Å². The summed E-state index contributed by atoms with van der Waals surface area (Å²) in [6.45, 7) is 0.855. The van der Waals surface area contributed by atoms with Crippen molar-refractivity contribution in [3.05, 3.63) is 0 Å². The van der Waals surface area contributed by atoms with E-state index in [-0.39, 0.29) is 26.3 Å². The van der Waals surface area contributed by atoms with E-state index in [1.165, 1.54) is 0 Å². The quantitative estimate of drug-likeness (QED) is 0.356. The van der Waals surface area contributed by atoms with Gasteiger partial charge in [-0.15, -0.1) is 0 Å². The number of aliphatic hydroxyl groups excluding tert-OH is 2. The lowest BCUT2D eigenvalue weighted by Crippen LogP contribution is -2.44. The molecule has 0 heterocycles. The Kier molecular flexibility index (Phi) is 9.12. The van der Waals surface area contributed by atoms with Gasteiger partial charge in [0.25, 0.3) is 0 Å². The van der Waals surface area contributed by atoms with E-state index in [4.69, 9.17) is 21.1 Å². The van der Waals surface area contributed by atoms with Gasteiger partial charge in [-0.25, -0.2) is 0 Å². The molecule has 16 heavy (non-hydrogen) atoms. The predicted molar refractivity (Wildman–Crippen MR) is 60.1 cm³/mol. The Morgan fingerprint density at radius 1 is 1.19 bits per heavy atom. The van der Waals surface area contributed by atoms with E-state index in [1.807, 2.05) is 0 Å². The van der Waals surface area contributed by atoms with Crippen molar-refractivity contribution in [1.82, 2.24) is 4.90 Å². The van der Waals surface area contributed by atoms with Crippen LogP contribution >= 0.6 is 0 Å².